The summed E-state index contributed by atoms with van der Waals surface area (Å²) in [6, 6.07) is 0.0811. The highest BCUT2D eigenvalue weighted by Crippen LogP contribution is 2.17. The minimum atomic E-state index is 0.0811. The van der Waals surface area contributed by atoms with Gasteiger partial charge in [0, 0.05) is 13.7 Å². The lowest BCUT2D eigenvalue weighted by atomic mass is 10.2. The molecule has 1 aliphatic rings. The summed E-state index contributed by atoms with van der Waals surface area (Å²) in [4.78, 5) is 2.20. The molecule has 3 N–H and O–H groups in total. The van der Waals surface area contributed by atoms with Gasteiger partial charge in [-0.1, -0.05) is 5.16 Å². The summed E-state index contributed by atoms with van der Waals surface area (Å²) < 4.78 is 5.19. The minimum absolute atomic E-state index is 0.0811. The Morgan fingerprint density at radius 1 is 1.79 bits per heavy atom. The Bertz CT molecular complexity index is 208. The first-order chi connectivity index (χ1) is 6.69. The van der Waals surface area contributed by atoms with Gasteiger partial charge >= 0.3 is 0 Å². The molecule has 0 aromatic rings. The summed E-state index contributed by atoms with van der Waals surface area (Å²) in [6.07, 6.45) is 2.24. The molecule has 0 aromatic heterocycles. The van der Waals surface area contributed by atoms with Crippen LogP contribution >= 0.6 is 0 Å². The summed E-state index contributed by atoms with van der Waals surface area (Å²) in [5, 5.41) is 11.7. The van der Waals surface area contributed by atoms with Crippen LogP contribution in [0.3, 0.4) is 0 Å². The Labute approximate surface area is 84.5 Å². The standard InChI is InChI=1S/C9H19N3O2/c1-7(14-2)6-12-5-3-4-8(12)9(10)11-13/h7-8,13H,3-6H2,1-2H3,(H2,10,11). The van der Waals surface area contributed by atoms with Crippen LogP contribution in [0, 0.1) is 0 Å². The molecule has 14 heavy (non-hydrogen) atoms. The topological polar surface area (TPSA) is 71.1 Å². The monoisotopic (exact) mass is 201 g/mol. The Kier molecular flexibility index (Phi) is 4.16. The quantitative estimate of drug-likeness (QED) is 0.296. The first-order valence-electron chi connectivity index (χ1n) is 4.93. The normalized spacial score (nSPS) is 26.7. The van der Waals surface area contributed by atoms with E-state index >= 15 is 0 Å². The van der Waals surface area contributed by atoms with Gasteiger partial charge in [0.2, 0.25) is 0 Å². The maximum Gasteiger partial charge on any atom is 0.156 e. The summed E-state index contributed by atoms with van der Waals surface area (Å²) in [5.74, 6) is 0.311. The number of methoxy groups -OCH3 is 1. The molecule has 0 amide bonds. The van der Waals surface area contributed by atoms with Crippen LogP contribution in [0.15, 0.2) is 5.16 Å². The molecule has 1 heterocycles. The minimum Gasteiger partial charge on any atom is -0.409 e. The Balaban J connectivity index is 2.51. The molecule has 0 bridgehead atoms. The molecule has 0 saturated carbocycles. The number of nitrogens with zero attached hydrogens (tertiary/aromatic N) is 2. The van der Waals surface area contributed by atoms with Gasteiger partial charge in [-0.25, -0.2) is 0 Å². The summed E-state index contributed by atoms with van der Waals surface area (Å²) in [6.45, 7) is 3.84. The third-order valence-electron chi connectivity index (χ3n) is 2.71. The number of likely N-dealkylation sites (tertiary alicyclic amines) is 1. The predicted molar refractivity (Wildman–Crippen MR) is 54.5 cm³/mol. The molecule has 5 nitrogen and oxygen atoms in total. The van der Waals surface area contributed by atoms with Gasteiger partial charge in [-0.2, -0.15) is 0 Å². The van der Waals surface area contributed by atoms with E-state index in [1.54, 1.807) is 7.11 Å². The maximum atomic E-state index is 8.61. The van der Waals surface area contributed by atoms with Crippen LogP contribution in [0.5, 0.6) is 0 Å². The molecule has 0 aromatic carbocycles. The lowest BCUT2D eigenvalue weighted by molar-refractivity contribution is 0.0796. The highest BCUT2D eigenvalue weighted by atomic mass is 16.5. The zero-order valence-corrected chi connectivity index (χ0v) is 8.81. The molecular weight excluding hydrogens is 182 g/mol. The fourth-order valence-electron chi connectivity index (χ4n) is 1.85. The van der Waals surface area contributed by atoms with Crippen molar-refractivity contribution in [2.75, 3.05) is 20.2 Å². The number of hydrogen-bond acceptors (Lipinski definition) is 4. The van der Waals surface area contributed by atoms with Gasteiger partial charge < -0.3 is 15.7 Å². The van der Waals surface area contributed by atoms with E-state index in [1.807, 2.05) is 6.92 Å². The molecule has 1 rings (SSSR count). The van der Waals surface area contributed by atoms with E-state index in [2.05, 4.69) is 10.1 Å². The van der Waals surface area contributed by atoms with Gasteiger partial charge in [-0.05, 0) is 26.3 Å². The molecule has 5 heteroatoms. The Hall–Kier alpha value is -0.810. The zero-order chi connectivity index (χ0) is 10.6. The first-order valence-corrected chi connectivity index (χ1v) is 4.93. The third kappa shape index (κ3) is 2.59. The average Bonchev–Trinajstić information content (AvgIpc) is 2.64. The largest absolute Gasteiger partial charge is 0.409 e. The van der Waals surface area contributed by atoms with Crippen LogP contribution in [0.1, 0.15) is 19.8 Å². The number of oxime groups is 1. The molecule has 2 unspecified atom stereocenters. The van der Waals surface area contributed by atoms with Crippen LogP contribution in [-0.2, 0) is 4.74 Å². The lowest BCUT2D eigenvalue weighted by Gasteiger charge is -2.25. The fourth-order valence-corrected chi connectivity index (χ4v) is 1.85. The average molecular weight is 201 g/mol. The zero-order valence-electron chi connectivity index (χ0n) is 8.81. The van der Waals surface area contributed by atoms with E-state index in [-0.39, 0.29) is 12.1 Å². The Morgan fingerprint density at radius 2 is 2.50 bits per heavy atom. The van der Waals surface area contributed by atoms with Crippen molar-refractivity contribution in [3.8, 4) is 0 Å². The maximum absolute atomic E-state index is 8.61. The predicted octanol–water partition coefficient (Wildman–Crippen LogP) is 0.232. The van der Waals surface area contributed by atoms with E-state index in [9.17, 15) is 0 Å². The van der Waals surface area contributed by atoms with Gasteiger partial charge in [0.15, 0.2) is 5.84 Å². The number of rotatable bonds is 4. The van der Waals surface area contributed by atoms with Crippen LogP contribution in [0.2, 0.25) is 0 Å². The van der Waals surface area contributed by atoms with Crippen molar-refractivity contribution in [2.24, 2.45) is 10.9 Å². The third-order valence-corrected chi connectivity index (χ3v) is 2.71. The molecule has 1 saturated heterocycles. The van der Waals surface area contributed by atoms with Crippen molar-refractivity contribution >= 4 is 5.84 Å². The van der Waals surface area contributed by atoms with E-state index in [0.29, 0.717) is 5.84 Å². The van der Waals surface area contributed by atoms with Crippen LogP contribution < -0.4 is 5.73 Å². The fraction of sp³-hybridized carbons (Fsp3) is 0.889. The van der Waals surface area contributed by atoms with Gasteiger partial charge in [0.25, 0.3) is 0 Å². The van der Waals surface area contributed by atoms with E-state index in [1.165, 1.54) is 0 Å². The van der Waals surface area contributed by atoms with Crippen LogP contribution in [0.25, 0.3) is 0 Å². The summed E-state index contributed by atoms with van der Waals surface area (Å²) in [5.41, 5.74) is 5.60. The second kappa shape index (κ2) is 5.17. The van der Waals surface area contributed by atoms with Crippen molar-refractivity contribution in [1.82, 2.24) is 4.90 Å². The first kappa shape index (κ1) is 11.3. The highest BCUT2D eigenvalue weighted by Gasteiger charge is 2.28. The molecular formula is C9H19N3O2. The SMILES string of the molecule is COC(C)CN1CCCC1C(N)=NO. The second-order valence-electron chi connectivity index (χ2n) is 3.72. The molecule has 0 spiro atoms. The molecule has 82 valence electrons. The van der Waals surface area contributed by atoms with Crippen molar-refractivity contribution in [3.05, 3.63) is 0 Å². The van der Waals surface area contributed by atoms with E-state index in [0.717, 1.165) is 25.9 Å². The van der Waals surface area contributed by atoms with Crippen molar-refractivity contribution in [3.63, 3.8) is 0 Å². The van der Waals surface area contributed by atoms with Gasteiger partial charge in [-0.3, -0.25) is 4.90 Å². The number of ether oxygens (including phenoxy) is 1. The molecule has 2 atom stereocenters. The van der Waals surface area contributed by atoms with Gasteiger partial charge in [-0.15, -0.1) is 0 Å². The Morgan fingerprint density at radius 3 is 3.07 bits per heavy atom. The number of hydrogen-bond donors (Lipinski definition) is 2. The van der Waals surface area contributed by atoms with Gasteiger partial charge in [0.05, 0.1) is 12.1 Å². The summed E-state index contributed by atoms with van der Waals surface area (Å²) in [7, 11) is 1.69. The van der Waals surface area contributed by atoms with Crippen molar-refractivity contribution in [2.45, 2.75) is 31.9 Å². The van der Waals surface area contributed by atoms with E-state index in [4.69, 9.17) is 15.7 Å². The molecule has 1 fully saturated rings. The summed E-state index contributed by atoms with van der Waals surface area (Å²) >= 11 is 0. The van der Waals surface area contributed by atoms with Crippen molar-refractivity contribution in [1.29, 1.82) is 0 Å². The lowest BCUT2D eigenvalue weighted by Crippen LogP contribution is -2.43. The smallest absolute Gasteiger partial charge is 0.156 e. The number of nitrogens with two attached hydrogens (primary N) is 1. The second-order valence-corrected chi connectivity index (χ2v) is 3.72. The highest BCUT2D eigenvalue weighted by molar-refractivity contribution is 5.85. The van der Waals surface area contributed by atoms with Gasteiger partial charge in [0.1, 0.15) is 0 Å². The molecule has 0 radical (unpaired) electrons. The van der Waals surface area contributed by atoms with E-state index < -0.39 is 0 Å². The number of amidine groups is 1. The van der Waals surface area contributed by atoms with Crippen LogP contribution in [-0.4, -0.2) is 48.3 Å². The molecule has 0 aliphatic carbocycles. The van der Waals surface area contributed by atoms with Crippen molar-refractivity contribution < 1.29 is 9.94 Å². The molecule has 1 aliphatic heterocycles. The van der Waals surface area contributed by atoms with Crippen LogP contribution in [0.4, 0.5) is 0 Å².